The number of nitrogens with zero attached hydrogens (tertiary/aromatic N) is 2. The van der Waals surface area contributed by atoms with Gasteiger partial charge in [0, 0.05) is 4.88 Å². The standard InChI is InChI=1S/C23H20N2O3S3/c24-15-19-7-9-22(29-19)18-6-10-23-21(14-18)25(11-12-30(23)26)31(27,28)20-8-5-16-3-1-2-4-17(16)13-20/h5-10,13-14H,1-4,11-12H2. The Bertz CT molecular complexity index is 1310. The van der Waals surface area contributed by atoms with Gasteiger partial charge in [-0.25, -0.2) is 8.42 Å². The summed E-state index contributed by atoms with van der Waals surface area (Å²) in [6.45, 7) is 0.177. The van der Waals surface area contributed by atoms with Gasteiger partial charge in [0.1, 0.15) is 22.4 Å². The molecule has 0 saturated carbocycles. The SMILES string of the molecule is N#Cc1ccc(-c2ccc3c(c2)N(S(=O)(=O)c2ccc4c(c2)CCCC4)CC[S+]3[O-])s1. The Morgan fingerprint density at radius 3 is 2.61 bits per heavy atom. The molecule has 0 spiro atoms. The number of anilines is 1. The van der Waals surface area contributed by atoms with Crippen LogP contribution in [0.2, 0.25) is 0 Å². The van der Waals surface area contributed by atoms with Crippen molar-refractivity contribution in [3.8, 4) is 16.5 Å². The fourth-order valence-electron chi connectivity index (χ4n) is 4.25. The summed E-state index contributed by atoms with van der Waals surface area (Å²) in [6, 6.07) is 16.6. The van der Waals surface area contributed by atoms with E-state index >= 15 is 0 Å². The van der Waals surface area contributed by atoms with Crippen LogP contribution in [-0.2, 0) is 34.0 Å². The second kappa shape index (κ2) is 7.99. The highest BCUT2D eigenvalue weighted by Crippen LogP contribution is 2.39. The highest BCUT2D eigenvalue weighted by atomic mass is 32.2. The topological polar surface area (TPSA) is 84.2 Å². The maximum Gasteiger partial charge on any atom is 0.264 e. The second-order valence-corrected chi connectivity index (χ2v) is 12.2. The third-order valence-corrected chi connectivity index (χ3v) is 10.1. The van der Waals surface area contributed by atoms with Gasteiger partial charge in [0.15, 0.2) is 4.90 Å². The van der Waals surface area contributed by atoms with Crippen LogP contribution < -0.4 is 4.31 Å². The molecule has 0 saturated heterocycles. The number of aryl methyl sites for hydroxylation is 2. The van der Waals surface area contributed by atoms with E-state index in [1.165, 1.54) is 21.2 Å². The van der Waals surface area contributed by atoms with E-state index in [2.05, 4.69) is 6.07 Å². The minimum absolute atomic E-state index is 0.177. The van der Waals surface area contributed by atoms with Crippen molar-refractivity contribution in [3.63, 3.8) is 0 Å². The summed E-state index contributed by atoms with van der Waals surface area (Å²) in [4.78, 5) is 2.30. The molecule has 2 aliphatic rings. The molecule has 0 N–H and O–H groups in total. The molecule has 2 heterocycles. The minimum atomic E-state index is -3.78. The molecule has 1 aliphatic heterocycles. The molecule has 1 aromatic heterocycles. The molecule has 0 fully saturated rings. The van der Waals surface area contributed by atoms with Gasteiger partial charge in [-0.15, -0.1) is 11.3 Å². The van der Waals surface area contributed by atoms with Crippen molar-refractivity contribution < 1.29 is 13.0 Å². The van der Waals surface area contributed by atoms with E-state index in [0.717, 1.165) is 41.7 Å². The summed E-state index contributed by atoms with van der Waals surface area (Å²) in [6.07, 6.45) is 4.12. The van der Waals surface area contributed by atoms with Crippen molar-refractivity contribution in [1.29, 1.82) is 5.26 Å². The fraction of sp³-hybridized carbons (Fsp3) is 0.261. The smallest absolute Gasteiger partial charge is 0.264 e. The fourth-order valence-corrected chi connectivity index (χ4v) is 7.95. The average molecular weight is 469 g/mol. The predicted octanol–water partition coefficient (Wildman–Crippen LogP) is 4.48. The minimum Gasteiger partial charge on any atom is -0.611 e. The number of thiophene rings is 1. The van der Waals surface area contributed by atoms with Crippen LogP contribution >= 0.6 is 11.3 Å². The summed E-state index contributed by atoms with van der Waals surface area (Å²) in [5.41, 5.74) is 3.63. The Labute approximate surface area is 189 Å². The quantitative estimate of drug-likeness (QED) is 0.531. The first-order valence-electron chi connectivity index (χ1n) is 10.1. The van der Waals surface area contributed by atoms with Gasteiger partial charge < -0.3 is 4.55 Å². The highest BCUT2D eigenvalue weighted by molar-refractivity contribution is 7.94. The van der Waals surface area contributed by atoms with Gasteiger partial charge >= 0.3 is 0 Å². The Hall–Kier alpha value is -2.31. The lowest BCUT2D eigenvalue weighted by atomic mass is 9.92. The molecule has 1 aliphatic carbocycles. The lowest BCUT2D eigenvalue weighted by molar-refractivity contribution is 0.582. The van der Waals surface area contributed by atoms with Crippen LogP contribution in [0, 0.1) is 11.3 Å². The lowest BCUT2D eigenvalue weighted by Gasteiger charge is -2.31. The molecule has 0 bridgehead atoms. The third kappa shape index (κ3) is 3.66. The largest absolute Gasteiger partial charge is 0.611 e. The van der Waals surface area contributed by atoms with Gasteiger partial charge in [0.05, 0.1) is 11.4 Å². The van der Waals surface area contributed by atoms with Gasteiger partial charge in [-0.05, 0) is 96.0 Å². The van der Waals surface area contributed by atoms with Crippen LogP contribution in [0.3, 0.4) is 0 Å². The molecule has 158 valence electrons. The van der Waals surface area contributed by atoms with Crippen molar-refractivity contribution in [2.45, 2.75) is 35.5 Å². The number of hydrogen-bond donors (Lipinski definition) is 0. The monoisotopic (exact) mass is 468 g/mol. The number of nitriles is 1. The molecule has 31 heavy (non-hydrogen) atoms. The summed E-state index contributed by atoms with van der Waals surface area (Å²) < 4.78 is 41.3. The Balaban J connectivity index is 1.58. The maximum atomic E-state index is 13.6. The zero-order valence-electron chi connectivity index (χ0n) is 16.7. The van der Waals surface area contributed by atoms with Crippen molar-refractivity contribution >= 4 is 38.2 Å². The molecule has 5 nitrogen and oxygen atoms in total. The molecule has 1 unspecified atom stereocenters. The van der Waals surface area contributed by atoms with E-state index in [0.29, 0.717) is 20.4 Å². The van der Waals surface area contributed by atoms with Gasteiger partial charge in [0.2, 0.25) is 0 Å². The number of benzene rings is 2. The second-order valence-electron chi connectivity index (χ2n) is 7.72. The predicted molar refractivity (Wildman–Crippen MR) is 123 cm³/mol. The average Bonchev–Trinajstić information content (AvgIpc) is 3.28. The molecule has 1 atom stereocenters. The lowest BCUT2D eigenvalue weighted by Crippen LogP contribution is -2.39. The van der Waals surface area contributed by atoms with Gasteiger partial charge in [0.25, 0.3) is 10.0 Å². The molecular weight excluding hydrogens is 448 g/mol. The number of hydrogen-bond acceptors (Lipinski definition) is 5. The van der Waals surface area contributed by atoms with Crippen molar-refractivity contribution in [3.05, 3.63) is 64.5 Å². The van der Waals surface area contributed by atoms with Crippen molar-refractivity contribution in [2.24, 2.45) is 0 Å². The van der Waals surface area contributed by atoms with Crippen LogP contribution in [0.1, 0.15) is 28.8 Å². The van der Waals surface area contributed by atoms with Crippen LogP contribution in [-0.4, -0.2) is 25.3 Å². The van der Waals surface area contributed by atoms with E-state index in [4.69, 9.17) is 5.26 Å². The zero-order chi connectivity index (χ0) is 21.6. The van der Waals surface area contributed by atoms with E-state index in [-0.39, 0.29) is 12.3 Å². The van der Waals surface area contributed by atoms with E-state index in [9.17, 15) is 13.0 Å². The van der Waals surface area contributed by atoms with Gasteiger partial charge in [-0.3, -0.25) is 4.31 Å². The zero-order valence-corrected chi connectivity index (χ0v) is 19.2. The first kappa shape index (κ1) is 20.6. The van der Waals surface area contributed by atoms with E-state index in [1.807, 2.05) is 24.3 Å². The first-order chi connectivity index (χ1) is 15.0. The maximum absolute atomic E-state index is 13.6. The van der Waals surface area contributed by atoms with Crippen molar-refractivity contribution in [1.82, 2.24) is 0 Å². The Morgan fingerprint density at radius 1 is 1.03 bits per heavy atom. The van der Waals surface area contributed by atoms with Crippen LogP contribution in [0.5, 0.6) is 0 Å². The third-order valence-electron chi connectivity index (χ3n) is 5.86. The molecular formula is C23H20N2O3S3. The summed E-state index contributed by atoms with van der Waals surface area (Å²) >= 11 is 0.108. The van der Waals surface area contributed by atoms with Gasteiger partial charge in [-0.1, -0.05) is 6.07 Å². The Morgan fingerprint density at radius 2 is 1.84 bits per heavy atom. The number of fused-ring (bicyclic) bond motifs is 2. The summed E-state index contributed by atoms with van der Waals surface area (Å²) in [5.74, 6) is 0.272. The molecule has 0 radical (unpaired) electrons. The van der Waals surface area contributed by atoms with Crippen LogP contribution in [0.25, 0.3) is 10.4 Å². The normalized spacial score (nSPS) is 18.2. The molecule has 3 aromatic rings. The van der Waals surface area contributed by atoms with Crippen LogP contribution in [0.15, 0.2) is 58.3 Å². The van der Waals surface area contributed by atoms with Crippen LogP contribution in [0.4, 0.5) is 5.69 Å². The summed E-state index contributed by atoms with van der Waals surface area (Å²) in [7, 11) is -3.78. The first-order valence-corrected chi connectivity index (χ1v) is 13.7. The summed E-state index contributed by atoms with van der Waals surface area (Å²) in [5, 5.41) is 9.12. The highest BCUT2D eigenvalue weighted by Gasteiger charge is 2.36. The van der Waals surface area contributed by atoms with E-state index < -0.39 is 21.2 Å². The molecule has 8 heteroatoms. The van der Waals surface area contributed by atoms with E-state index in [1.54, 1.807) is 24.3 Å². The Kier molecular flexibility index (Phi) is 5.30. The molecule has 5 rings (SSSR count). The molecule has 0 amide bonds. The molecule has 2 aromatic carbocycles. The number of rotatable bonds is 3. The number of sulfonamides is 1. The van der Waals surface area contributed by atoms with Crippen molar-refractivity contribution in [2.75, 3.05) is 16.6 Å². The van der Waals surface area contributed by atoms with Gasteiger partial charge in [-0.2, -0.15) is 5.26 Å².